The third-order valence-corrected chi connectivity index (χ3v) is 1.65. The second kappa shape index (κ2) is 3.73. The maximum absolute atomic E-state index is 5.89. The van der Waals surface area contributed by atoms with E-state index < -0.39 is 0 Å². The molecule has 0 aliphatic rings. The van der Waals surface area contributed by atoms with Crippen LogP contribution in [0.1, 0.15) is 26.7 Å². The zero-order valence-corrected chi connectivity index (χ0v) is 7.72. The molecule has 0 aromatic carbocycles. The molecule has 0 amide bonds. The Morgan fingerprint density at radius 1 is 1.50 bits per heavy atom. The molecule has 0 aliphatic carbocycles. The van der Waals surface area contributed by atoms with Crippen molar-refractivity contribution in [2.45, 2.75) is 31.6 Å². The minimum Gasteiger partial charge on any atom is -0.120 e. The zero-order chi connectivity index (χ0) is 6.62. The summed E-state index contributed by atoms with van der Waals surface area (Å²) in [4.78, 5) is -0.00618. The molecule has 0 saturated heterocycles. The van der Waals surface area contributed by atoms with Gasteiger partial charge in [0.25, 0.3) is 0 Å². The summed E-state index contributed by atoms with van der Waals surface area (Å²) in [5, 5.41) is 1.06. The minimum absolute atomic E-state index is 0.00618. The van der Waals surface area contributed by atoms with Gasteiger partial charge in [0.1, 0.15) is 0 Å². The molecule has 8 heavy (non-hydrogen) atoms. The molecule has 0 heterocycles. The summed E-state index contributed by atoms with van der Waals surface area (Å²) in [5.41, 5.74) is 0. The SMILES string of the molecule is CC(C)(Cl)CCCBr. The monoisotopic (exact) mass is 198 g/mol. The Hall–Kier alpha value is 0.770. The summed E-state index contributed by atoms with van der Waals surface area (Å²) in [7, 11) is 0. The van der Waals surface area contributed by atoms with Crippen molar-refractivity contribution in [2.75, 3.05) is 5.33 Å². The van der Waals surface area contributed by atoms with Crippen LogP contribution in [0.3, 0.4) is 0 Å². The molecule has 0 unspecified atom stereocenters. The summed E-state index contributed by atoms with van der Waals surface area (Å²) >= 11 is 9.23. The maximum atomic E-state index is 5.89. The molecule has 0 atom stereocenters. The lowest BCUT2D eigenvalue weighted by Gasteiger charge is -2.13. The molecule has 0 radical (unpaired) electrons. The van der Waals surface area contributed by atoms with Crippen LogP contribution in [0.4, 0.5) is 0 Å². The standard InChI is InChI=1S/C6H12BrCl/c1-6(2,8)4-3-5-7/h3-5H2,1-2H3. The predicted molar refractivity (Wildman–Crippen MR) is 43.0 cm³/mol. The fourth-order valence-corrected chi connectivity index (χ4v) is 0.901. The Balaban J connectivity index is 3.11. The average molecular weight is 200 g/mol. The molecular formula is C6H12BrCl. The minimum atomic E-state index is -0.00618. The topological polar surface area (TPSA) is 0 Å². The van der Waals surface area contributed by atoms with Crippen LogP contribution < -0.4 is 0 Å². The van der Waals surface area contributed by atoms with Crippen LogP contribution >= 0.6 is 27.5 Å². The highest BCUT2D eigenvalue weighted by molar-refractivity contribution is 9.09. The van der Waals surface area contributed by atoms with Crippen LogP contribution in [0.5, 0.6) is 0 Å². The van der Waals surface area contributed by atoms with E-state index in [9.17, 15) is 0 Å². The largest absolute Gasteiger partial charge is 0.120 e. The molecule has 2 heteroatoms. The molecule has 0 fully saturated rings. The predicted octanol–water partition coefficient (Wildman–Crippen LogP) is 3.18. The molecule has 0 N–H and O–H groups in total. The van der Waals surface area contributed by atoms with Gasteiger partial charge in [0.2, 0.25) is 0 Å². The lowest BCUT2D eigenvalue weighted by atomic mass is 10.1. The third kappa shape index (κ3) is 6.77. The first-order chi connectivity index (χ1) is 3.56. The van der Waals surface area contributed by atoms with E-state index in [1.165, 1.54) is 0 Å². The summed E-state index contributed by atoms with van der Waals surface area (Å²) in [6.07, 6.45) is 2.25. The van der Waals surface area contributed by atoms with E-state index in [-0.39, 0.29) is 4.87 Å². The van der Waals surface area contributed by atoms with E-state index in [4.69, 9.17) is 11.6 Å². The van der Waals surface area contributed by atoms with Gasteiger partial charge in [0.15, 0.2) is 0 Å². The highest BCUT2D eigenvalue weighted by atomic mass is 79.9. The molecule has 0 aromatic rings. The van der Waals surface area contributed by atoms with E-state index in [1.54, 1.807) is 0 Å². The van der Waals surface area contributed by atoms with Crippen molar-refractivity contribution in [3.63, 3.8) is 0 Å². The quantitative estimate of drug-likeness (QED) is 0.613. The van der Waals surface area contributed by atoms with Gasteiger partial charge < -0.3 is 0 Å². The molecule has 0 aliphatic heterocycles. The van der Waals surface area contributed by atoms with Crippen molar-refractivity contribution in [1.29, 1.82) is 0 Å². The number of hydrogen-bond donors (Lipinski definition) is 0. The van der Waals surface area contributed by atoms with Crippen molar-refractivity contribution < 1.29 is 0 Å². The molecule has 0 rings (SSSR count). The lowest BCUT2D eigenvalue weighted by molar-refractivity contribution is 0.620. The summed E-state index contributed by atoms with van der Waals surface area (Å²) < 4.78 is 0. The van der Waals surface area contributed by atoms with Crippen LogP contribution in [-0.2, 0) is 0 Å². The van der Waals surface area contributed by atoms with Crippen molar-refractivity contribution in [3.8, 4) is 0 Å². The third-order valence-electron chi connectivity index (χ3n) is 0.905. The van der Waals surface area contributed by atoms with E-state index in [2.05, 4.69) is 15.9 Å². The van der Waals surface area contributed by atoms with Gasteiger partial charge in [0, 0.05) is 10.2 Å². The lowest BCUT2D eigenvalue weighted by Crippen LogP contribution is -2.09. The van der Waals surface area contributed by atoms with E-state index >= 15 is 0 Å². The molecule has 0 bridgehead atoms. The van der Waals surface area contributed by atoms with E-state index in [0.717, 1.165) is 18.2 Å². The normalized spacial score (nSPS) is 12.0. The van der Waals surface area contributed by atoms with Gasteiger partial charge in [-0.3, -0.25) is 0 Å². The van der Waals surface area contributed by atoms with Crippen LogP contribution in [0.15, 0.2) is 0 Å². The molecule has 50 valence electrons. The first kappa shape index (κ1) is 8.77. The zero-order valence-electron chi connectivity index (χ0n) is 5.38. The number of rotatable bonds is 3. The number of hydrogen-bond acceptors (Lipinski definition) is 0. The van der Waals surface area contributed by atoms with Crippen molar-refractivity contribution in [1.82, 2.24) is 0 Å². The Morgan fingerprint density at radius 2 is 2.00 bits per heavy atom. The average Bonchev–Trinajstić information content (AvgIpc) is 1.59. The Bertz CT molecular complexity index is 56.0. The van der Waals surface area contributed by atoms with E-state index in [1.807, 2.05) is 13.8 Å². The Morgan fingerprint density at radius 3 is 2.12 bits per heavy atom. The van der Waals surface area contributed by atoms with E-state index in [0.29, 0.717) is 0 Å². The fourth-order valence-electron chi connectivity index (χ4n) is 0.487. The summed E-state index contributed by atoms with van der Waals surface area (Å²) in [6, 6.07) is 0. The van der Waals surface area contributed by atoms with Crippen LogP contribution in [0.2, 0.25) is 0 Å². The highest BCUT2D eigenvalue weighted by Crippen LogP contribution is 2.19. The summed E-state index contributed by atoms with van der Waals surface area (Å²) in [5.74, 6) is 0. The van der Waals surface area contributed by atoms with Gasteiger partial charge in [0.05, 0.1) is 0 Å². The van der Waals surface area contributed by atoms with Crippen molar-refractivity contribution >= 4 is 27.5 Å². The van der Waals surface area contributed by atoms with Crippen LogP contribution in [0, 0.1) is 0 Å². The van der Waals surface area contributed by atoms with Crippen molar-refractivity contribution in [2.24, 2.45) is 0 Å². The van der Waals surface area contributed by atoms with Gasteiger partial charge >= 0.3 is 0 Å². The smallest absolute Gasteiger partial charge is 0.0391 e. The molecule has 0 spiro atoms. The Kier molecular flexibility index (Phi) is 4.09. The van der Waals surface area contributed by atoms with Gasteiger partial charge in [-0.25, -0.2) is 0 Å². The van der Waals surface area contributed by atoms with Gasteiger partial charge in [-0.1, -0.05) is 15.9 Å². The van der Waals surface area contributed by atoms with Gasteiger partial charge in [-0.05, 0) is 26.7 Å². The second-order valence-electron chi connectivity index (χ2n) is 2.51. The summed E-state index contributed by atoms with van der Waals surface area (Å²) in [6.45, 7) is 4.08. The van der Waals surface area contributed by atoms with Crippen LogP contribution in [0.25, 0.3) is 0 Å². The first-order valence-electron chi connectivity index (χ1n) is 2.81. The van der Waals surface area contributed by atoms with Gasteiger partial charge in [-0.2, -0.15) is 0 Å². The molecular weight excluding hydrogens is 187 g/mol. The molecule has 0 saturated carbocycles. The number of alkyl halides is 2. The van der Waals surface area contributed by atoms with Gasteiger partial charge in [-0.15, -0.1) is 11.6 Å². The Labute approximate surface area is 64.7 Å². The molecule has 0 aromatic heterocycles. The fraction of sp³-hybridized carbons (Fsp3) is 1.00. The first-order valence-corrected chi connectivity index (χ1v) is 4.31. The highest BCUT2D eigenvalue weighted by Gasteiger charge is 2.10. The molecule has 0 nitrogen and oxygen atoms in total. The maximum Gasteiger partial charge on any atom is 0.0391 e. The second-order valence-corrected chi connectivity index (χ2v) is 4.33. The van der Waals surface area contributed by atoms with Crippen molar-refractivity contribution in [3.05, 3.63) is 0 Å². The van der Waals surface area contributed by atoms with Crippen LogP contribution in [-0.4, -0.2) is 10.2 Å². The number of halogens is 2.